The van der Waals surface area contributed by atoms with Gasteiger partial charge in [-0.1, -0.05) is 134 Å². The van der Waals surface area contributed by atoms with E-state index >= 15 is 0 Å². The number of esters is 2. The molecule has 11 heteroatoms. The second-order valence-electron chi connectivity index (χ2n) is 14.4. The Kier molecular flexibility index (Phi) is 31.8. The minimum absolute atomic E-state index is 0.0173. The number of hydrogen-bond acceptors (Lipinski definition) is 8. The van der Waals surface area contributed by atoms with Gasteiger partial charge in [0.2, 0.25) is 0 Å². The maximum atomic E-state index is 12.6. The standard InChI is InChI=1S/C39H72NO9P/c1-5-6-7-8-9-10-11-12-13-14-15-18-21-24-27-30-38(42)46-35-37(36-48-50(44,45)47-34-32-40(2,3)4)49-39(43)31-28-25-22-19-16-17-20-23-26-29-33-41/h20,23,26,29,33,37H,5-19,21-22,24-25,27-28,30-32,34-36H2,1-4H3/p+1/b23-20-,29-26+/t37-/m0/s1. The summed E-state index contributed by atoms with van der Waals surface area (Å²) in [6.45, 7) is 2.09. The highest BCUT2D eigenvalue weighted by Gasteiger charge is 2.27. The van der Waals surface area contributed by atoms with Crippen molar-refractivity contribution in [3.05, 3.63) is 24.3 Å². The van der Waals surface area contributed by atoms with Crippen LogP contribution in [0.25, 0.3) is 0 Å². The van der Waals surface area contributed by atoms with Gasteiger partial charge in [-0.2, -0.15) is 0 Å². The fourth-order valence-corrected chi connectivity index (χ4v) is 5.99. The summed E-state index contributed by atoms with van der Waals surface area (Å²) >= 11 is 0. The van der Waals surface area contributed by atoms with Crippen molar-refractivity contribution < 1.29 is 46.8 Å². The molecular weight excluding hydrogens is 657 g/mol. The number of phosphoric acid groups is 1. The highest BCUT2D eigenvalue weighted by atomic mass is 31.2. The van der Waals surface area contributed by atoms with Crippen LogP contribution in [0.2, 0.25) is 0 Å². The zero-order chi connectivity index (χ0) is 37.2. The van der Waals surface area contributed by atoms with Crippen molar-refractivity contribution >= 4 is 26.0 Å². The summed E-state index contributed by atoms with van der Waals surface area (Å²) in [6.07, 6.45) is 31.4. The van der Waals surface area contributed by atoms with Crippen LogP contribution in [-0.2, 0) is 37.5 Å². The number of phosphoric ester groups is 1. The van der Waals surface area contributed by atoms with E-state index in [1.165, 1.54) is 83.1 Å². The van der Waals surface area contributed by atoms with E-state index < -0.39 is 26.5 Å². The Bertz CT molecular complexity index is 948. The van der Waals surface area contributed by atoms with Crippen LogP contribution in [0.4, 0.5) is 0 Å². The van der Waals surface area contributed by atoms with Crippen molar-refractivity contribution in [2.45, 2.75) is 161 Å². The second-order valence-corrected chi connectivity index (χ2v) is 15.8. The molecule has 0 aliphatic heterocycles. The highest BCUT2D eigenvalue weighted by Crippen LogP contribution is 2.43. The zero-order valence-corrected chi connectivity index (χ0v) is 33.1. The smallest absolute Gasteiger partial charge is 0.462 e. The monoisotopic (exact) mass is 731 g/mol. The molecule has 0 heterocycles. The van der Waals surface area contributed by atoms with Crippen LogP contribution in [0.5, 0.6) is 0 Å². The molecule has 0 fully saturated rings. The van der Waals surface area contributed by atoms with Gasteiger partial charge >= 0.3 is 19.8 Å². The molecule has 0 aromatic carbocycles. The van der Waals surface area contributed by atoms with Crippen molar-refractivity contribution in [2.24, 2.45) is 0 Å². The Morgan fingerprint density at radius 3 is 1.68 bits per heavy atom. The summed E-state index contributed by atoms with van der Waals surface area (Å²) in [6, 6.07) is 0. The molecule has 0 bridgehead atoms. The van der Waals surface area contributed by atoms with E-state index in [9.17, 15) is 23.8 Å². The molecule has 1 unspecified atom stereocenters. The van der Waals surface area contributed by atoms with Crippen LogP contribution in [0.3, 0.4) is 0 Å². The zero-order valence-electron chi connectivity index (χ0n) is 32.2. The number of carbonyl (C=O) groups excluding carboxylic acids is 3. The topological polar surface area (TPSA) is 125 Å². The third-order valence-corrected chi connectivity index (χ3v) is 9.33. The summed E-state index contributed by atoms with van der Waals surface area (Å²) in [4.78, 5) is 45.4. The molecule has 0 radical (unpaired) electrons. The summed E-state index contributed by atoms with van der Waals surface area (Å²) in [5.41, 5.74) is 0. The number of allylic oxidation sites excluding steroid dienone is 4. The van der Waals surface area contributed by atoms with Gasteiger partial charge in [-0.05, 0) is 31.8 Å². The number of aldehydes is 1. The first kappa shape index (κ1) is 48.2. The van der Waals surface area contributed by atoms with E-state index in [2.05, 4.69) is 6.92 Å². The van der Waals surface area contributed by atoms with Crippen LogP contribution >= 0.6 is 7.82 Å². The predicted octanol–water partition coefficient (Wildman–Crippen LogP) is 9.58. The second kappa shape index (κ2) is 33.0. The van der Waals surface area contributed by atoms with Gasteiger partial charge < -0.3 is 18.9 Å². The van der Waals surface area contributed by atoms with Crippen molar-refractivity contribution in [3.63, 3.8) is 0 Å². The molecule has 292 valence electrons. The summed E-state index contributed by atoms with van der Waals surface area (Å²) < 4.78 is 34.1. The van der Waals surface area contributed by atoms with E-state index in [0.717, 1.165) is 57.7 Å². The quantitative estimate of drug-likeness (QED) is 0.0128. The Labute approximate surface area is 304 Å². The molecule has 1 N–H and O–H groups in total. The molecule has 0 aromatic rings. The summed E-state index contributed by atoms with van der Waals surface area (Å²) in [5.74, 6) is -0.859. The van der Waals surface area contributed by atoms with Crippen molar-refractivity contribution in [1.29, 1.82) is 0 Å². The lowest BCUT2D eigenvalue weighted by atomic mass is 10.0. The number of rotatable bonds is 36. The molecule has 10 nitrogen and oxygen atoms in total. The Balaban J connectivity index is 4.38. The van der Waals surface area contributed by atoms with Crippen molar-refractivity contribution in [3.8, 4) is 0 Å². The summed E-state index contributed by atoms with van der Waals surface area (Å²) in [7, 11) is 1.42. The van der Waals surface area contributed by atoms with Crippen LogP contribution in [0.1, 0.15) is 155 Å². The molecule has 2 atom stereocenters. The maximum Gasteiger partial charge on any atom is 0.472 e. The first-order valence-corrected chi connectivity index (χ1v) is 21.0. The first-order valence-electron chi connectivity index (χ1n) is 19.5. The fourth-order valence-electron chi connectivity index (χ4n) is 5.25. The SMILES string of the molecule is CCCCCCCCCCCCCCCCCC(=O)OC[C@@H](COP(=O)(O)OCC[N+](C)(C)C)OC(=O)CCCCCCC/C=C\C=C\C=O. The number of carbonyl (C=O) groups is 3. The molecule has 0 amide bonds. The van der Waals surface area contributed by atoms with Gasteiger partial charge in [-0.3, -0.25) is 23.4 Å². The summed E-state index contributed by atoms with van der Waals surface area (Å²) in [5, 5.41) is 0. The molecule has 0 saturated carbocycles. The van der Waals surface area contributed by atoms with Crippen LogP contribution in [0.15, 0.2) is 24.3 Å². The molecule has 0 spiro atoms. The molecule has 0 saturated heterocycles. The molecule has 0 aliphatic carbocycles. The van der Waals surface area contributed by atoms with Crippen molar-refractivity contribution in [1.82, 2.24) is 0 Å². The number of likely N-dealkylation sites (N-methyl/N-ethyl adjacent to an activating group) is 1. The predicted molar refractivity (Wildman–Crippen MR) is 202 cm³/mol. The van der Waals surface area contributed by atoms with Gasteiger partial charge in [-0.25, -0.2) is 4.57 Å². The van der Waals surface area contributed by atoms with E-state index in [1.54, 1.807) is 6.08 Å². The Hall–Kier alpha value is -1.84. The van der Waals surface area contributed by atoms with Gasteiger partial charge in [0, 0.05) is 12.8 Å². The minimum atomic E-state index is -4.38. The molecule has 0 rings (SSSR count). The van der Waals surface area contributed by atoms with E-state index in [-0.39, 0.29) is 32.0 Å². The van der Waals surface area contributed by atoms with E-state index in [1.807, 2.05) is 33.3 Å². The lowest BCUT2D eigenvalue weighted by Crippen LogP contribution is -2.37. The fraction of sp³-hybridized carbons (Fsp3) is 0.821. The number of ether oxygens (including phenoxy) is 2. The number of unbranched alkanes of at least 4 members (excludes halogenated alkanes) is 19. The van der Waals surface area contributed by atoms with Gasteiger partial charge in [0.05, 0.1) is 27.7 Å². The van der Waals surface area contributed by atoms with Gasteiger partial charge in [0.1, 0.15) is 26.0 Å². The van der Waals surface area contributed by atoms with E-state index in [4.69, 9.17) is 18.5 Å². The number of hydrogen-bond donors (Lipinski definition) is 1. The van der Waals surface area contributed by atoms with Crippen LogP contribution in [-0.4, -0.2) is 81.2 Å². The Morgan fingerprint density at radius 2 is 1.16 bits per heavy atom. The lowest BCUT2D eigenvalue weighted by molar-refractivity contribution is -0.870. The maximum absolute atomic E-state index is 12.6. The largest absolute Gasteiger partial charge is 0.472 e. The average Bonchev–Trinajstić information content (AvgIpc) is 3.06. The number of nitrogens with zero attached hydrogens (tertiary/aromatic N) is 1. The average molecular weight is 731 g/mol. The highest BCUT2D eigenvalue weighted by molar-refractivity contribution is 7.47. The Morgan fingerprint density at radius 1 is 0.660 bits per heavy atom. The minimum Gasteiger partial charge on any atom is -0.462 e. The molecule has 0 aliphatic rings. The van der Waals surface area contributed by atoms with Crippen LogP contribution in [0, 0.1) is 0 Å². The third kappa shape index (κ3) is 36.0. The lowest BCUT2D eigenvalue weighted by Gasteiger charge is -2.24. The first-order chi connectivity index (χ1) is 24.0. The van der Waals surface area contributed by atoms with Crippen molar-refractivity contribution in [2.75, 3.05) is 47.5 Å². The number of quaternary nitrogens is 1. The molecular formula is C39H73NO9P+. The van der Waals surface area contributed by atoms with Gasteiger partial charge in [0.25, 0.3) is 0 Å². The van der Waals surface area contributed by atoms with Crippen LogP contribution < -0.4 is 0 Å². The normalized spacial score (nSPS) is 13.9. The molecule has 50 heavy (non-hydrogen) atoms. The van der Waals surface area contributed by atoms with Gasteiger partial charge in [-0.15, -0.1) is 0 Å². The van der Waals surface area contributed by atoms with E-state index in [0.29, 0.717) is 17.4 Å². The third-order valence-electron chi connectivity index (χ3n) is 8.34. The molecule has 0 aromatic heterocycles. The van der Waals surface area contributed by atoms with Gasteiger partial charge in [0.15, 0.2) is 6.10 Å².